The van der Waals surface area contributed by atoms with Crippen LogP contribution in [-0.2, 0) is 26.8 Å². The molecule has 11 heteroatoms. The molecule has 0 aromatic heterocycles. The Morgan fingerprint density at radius 1 is 0.471 bits per heavy atom. The number of unbranched alkanes of at least 4 members (excludes halogenated alkanes) is 8. The number of quaternary nitrogens is 2. The first-order chi connectivity index (χ1) is 24.0. The molecule has 0 aliphatic rings. The molecule has 0 radical (unpaired) electrons. The molecule has 0 aliphatic carbocycles. The summed E-state index contributed by atoms with van der Waals surface area (Å²) in [5.74, 6) is 0. The van der Waals surface area contributed by atoms with E-state index in [9.17, 15) is 8.42 Å². The Bertz CT molecular complexity index is 993. The normalized spacial score (nSPS) is 11.8. The summed E-state index contributed by atoms with van der Waals surface area (Å²) >= 11 is 0. The smallest absolute Gasteiger partial charge is 0.175 e. The number of benzene rings is 1. The zero-order valence-corrected chi connectivity index (χ0v) is 36.2. The van der Waals surface area contributed by atoms with Gasteiger partial charge < -0.3 is 23.2 Å². The Kier molecular flexibility index (Phi) is 35.6. The van der Waals surface area contributed by atoms with Gasteiger partial charge in [0.1, 0.15) is 0 Å². The molecule has 1 rings (SSSR count). The lowest BCUT2D eigenvalue weighted by Crippen LogP contribution is -2.50. The first kappa shape index (κ1) is 54.3. The molecule has 1 N–H and O–H groups in total. The van der Waals surface area contributed by atoms with Crippen molar-refractivity contribution in [3.63, 3.8) is 0 Å². The Morgan fingerprint density at radius 2 is 0.667 bits per heavy atom. The van der Waals surface area contributed by atoms with E-state index >= 15 is 0 Å². The van der Waals surface area contributed by atoms with E-state index in [1.165, 1.54) is 176 Å². The van der Waals surface area contributed by atoms with Crippen LogP contribution in [0.5, 0.6) is 0 Å². The molecule has 9 nitrogen and oxygen atoms in total. The van der Waals surface area contributed by atoms with E-state index in [2.05, 4.69) is 55.4 Å². The summed E-state index contributed by atoms with van der Waals surface area (Å²) < 4.78 is 58.9. The molecule has 1 aromatic rings. The quantitative estimate of drug-likeness (QED) is 0.0564. The minimum Gasteiger partial charge on any atom is -0.759 e. The van der Waals surface area contributed by atoms with E-state index in [0.29, 0.717) is 5.56 Å². The number of rotatable bonds is 26. The lowest BCUT2D eigenvalue weighted by atomic mass is 10.1. The van der Waals surface area contributed by atoms with Crippen LogP contribution in [0.25, 0.3) is 0 Å². The number of sulfone groups is 1. The third-order valence-electron chi connectivity index (χ3n) is 9.42. The minimum atomic E-state index is -5.17. The van der Waals surface area contributed by atoms with Crippen LogP contribution < -0.4 is 0 Å². The van der Waals surface area contributed by atoms with E-state index in [0.717, 1.165) is 6.26 Å². The van der Waals surface area contributed by atoms with Gasteiger partial charge in [0.15, 0.2) is 9.84 Å². The summed E-state index contributed by atoms with van der Waals surface area (Å²) in [6.45, 7) is 30.0. The Labute approximate surface area is 317 Å². The van der Waals surface area contributed by atoms with Gasteiger partial charge in [-0.1, -0.05) is 119 Å². The second kappa shape index (κ2) is 33.5. The third kappa shape index (κ3) is 33.2. The average Bonchev–Trinajstić information content (AvgIpc) is 3.10. The predicted molar refractivity (Wildman–Crippen MR) is 215 cm³/mol. The number of aliphatic hydroxyl groups is 1. The standard InChI is InChI=1S/2C16H36N.C8H10O3S.H2O4S/c2*1-5-9-13-17(14-10-6-2,15-11-7-3)16-12-8-4;1-12(10,11)8-4-2-7(6-9)3-5-8;1-5(2,3)4/h2*5-16H2,1-4H3;2-5,9H,6H2,1H3;(H2,1,2,3,4)/q2*+1;;/p-2. The largest absolute Gasteiger partial charge is 0.759 e. The van der Waals surface area contributed by atoms with Crippen molar-refractivity contribution >= 4 is 20.2 Å². The zero-order valence-electron chi connectivity index (χ0n) is 34.6. The lowest BCUT2D eigenvalue weighted by Gasteiger charge is -2.39. The van der Waals surface area contributed by atoms with Crippen molar-refractivity contribution in [3.8, 4) is 0 Å². The fourth-order valence-electron chi connectivity index (χ4n) is 6.13. The second-order valence-corrected chi connectivity index (χ2v) is 17.1. The molecule has 0 atom stereocenters. The van der Waals surface area contributed by atoms with Crippen molar-refractivity contribution < 1.29 is 40.0 Å². The maximum absolute atomic E-state index is 11.0. The van der Waals surface area contributed by atoms with Crippen LogP contribution in [0, 0.1) is 0 Å². The molecule has 0 saturated heterocycles. The highest BCUT2D eigenvalue weighted by Crippen LogP contribution is 2.18. The van der Waals surface area contributed by atoms with Crippen LogP contribution in [-0.4, -0.2) is 98.6 Å². The minimum absolute atomic E-state index is 0.0654. The van der Waals surface area contributed by atoms with E-state index in [-0.39, 0.29) is 11.5 Å². The molecule has 0 amide bonds. The van der Waals surface area contributed by atoms with Gasteiger partial charge in [-0.2, -0.15) is 0 Å². The van der Waals surface area contributed by atoms with Gasteiger partial charge in [0.2, 0.25) is 0 Å². The van der Waals surface area contributed by atoms with Crippen molar-refractivity contribution in [2.75, 3.05) is 58.6 Å². The molecule has 0 unspecified atom stereocenters. The summed E-state index contributed by atoms with van der Waals surface area (Å²) in [5, 5.41) is 8.68. The van der Waals surface area contributed by atoms with E-state index in [1.807, 2.05) is 0 Å². The highest BCUT2D eigenvalue weighted by molar-refractivity contribution is 7.90. The van der Waals surface area contributed by atoms with Crippen molar-refractivity contribution in [1.82, 2.24) is 0 Å². The van der Waals surface area contributed by atoms with Crippen molar-refractivity contribution in [2.45, 2.75) is 170 Å². The zero-order chi connectivity index (χ0) is 39.7. The molecule has 0 spiro atoms. The number of nitrogens with zero attached hydrogens (tertiary/aromatic N) is 2. The van der Waals surface area contributed by atoms with Gasteiger partial charge in [-0.25, -0.2) is 8.42 Å². The Hall–Kier alpha value is -1.08. The highest BCUT2D eigenvalue weighted by Gasteiger charge is 2.25. The summed E-state index contributed by atoms with van der Waals surface area (Å²) in [5.41, 5.74) is 0.711. The third-order valence-corrected chi connectivity index (χ3v) is 10.6. The summed E-state index contributed by atoms with van der Waals surface area (Å²) in [6, 6.07) is 6.16. The van der Waals surface area contributed by atoms with Gasteiger partial charge in [0, 0.05) is 16.7 Å². The maximum Gasteiger partial charge on any atom is 0.175 e. The Balaban J connectivity index is -0.000000641. The van der Waals surface area contributed by atoms with E-state index in [1.54, 1.807) is 12.1 Å². The van der Waals surface area contributed by atoms with Gasteiger partial charge in [0.05, 0.1) is 63.9 Å². The van der Waals surface area contributed by atoms with Crippen molar-refractivity contribution in [1.29, 1.82) is 0 Å². The number of aliphatic hydroxyl groups excluding tert-OH is 1. The molecule has 0 saturated carbocycles. The molecule has 51 heavy (non-hydrogen) atoms. The molecule has 306 valence electrons. The van der Waals surface area contributed by atoms with Gasteiger partial charge in [-0.05, 0) is 69.1 Å². The highest BCUT2D eigenvalue weighted by atomic mass is 32.3. The fourth-order valence-corrected chi connectivity index (χ4v) is 6.76. The van der Waals surface area contributed by atoms with Crippen LogP contribution in [0.4, 0.5) is 0 Å². The maximum atomic E-state index is 11.0. The molecule has 0 heterocycles. The fraction of sp³-hybridized carbons (Fsp3) is 0.850. The van der Waals surface area contributed by atoms with Crippen molar-refractivity contribution in [2.24, 2.45) is 0 Å². The second-order valence-electron chi connectivity index (χ2n) is 14.3. The molecule has 1 aromatic carbocycles. The SMILES string of the molecule is CCCC[N+](CCCC)(CCCC)CCCC.CCCC[N+](CCCC)(CCCC)CCCC.CS(=O)(=O)c1ccc(CO)cc1.O=S(=O)([O-])[O-]. The predicted octanol–water partition coefficient (Wildman–Crippen LogP) is 9.25. The van der Waals surface area contributed by atoms with Crippen LogP contribution in [0.2, 0.25) is 0 Å². The van der Waals surface area contributed by atoms with Gasteiger partial charge in [0.25, 0.3) is 0 Å². The van der Waals surface area contributed by atoms with E-state index in [4.69, 9.17) is 22.6 Å². The lowest BCUT2D eigenvalue weighted by molar-refractivity contribution is -0.929. The molecule has 0 aliphatic heterocycles. The molecular weight excluding hydrogens is 685 g/mol. The monoisotopic (exact) mass is 767 g/mol. The van der Waals surface area contributed by atoms with Crippen LogP contribution >= 0.6 is 0 Å². The summed E-state index contributed by atoms with van der Waals surface area (Å²) in [6.07, 6.45) is 23.3. The summed E-state index contributed by atoms with van der Waals surface area (Å²) in [7, 11) is -8.28. The van der Waals surface area contributed by atoms with Gasteiger partial charge in [-0.15, -0.1) is 0 Å². The molecule has 0 fully saturated rings. The van der Waals surface area contributed by atoms with Crippen LogP contribution in [0.1, 0.15) is 164 Å². The molecular formula is C40H82N2O7S2. The average molecular weight is 767 g/mol. The number of hydrogen-bond donors (Lipinski definition) is 1. The summed E-state index contributed by atoms with van der Waals surface area (Å²) in [4.78, 5) is 0.278. The van der Waals surface area contributed by atoms with Gasteiger partial charge in [-0.3, -0.25) is 8.42 Å². The first-order valence-corrected chi connectivity index (χ1v) is 23.5. The van der Waals surface area contributed by atoms with Crippen molar-refractivity contribution in [3.05, 3.63) is 29.8 Å². The molecule has 0 bridgehead atoms. The van der Waals surface area contributed by atoms with Gasteiger partial charge >= 0.3 is 0 Å². The van der Waals surface area contributed by atoms with Crippen LogP contribution in [0.15, 0.2) is 29.2 Å². The first-order valence-electron chi connectivity index (χ1n) is 20.3. The van der Waals surface area contributed by atoms with Crippen LogP contribution in [0.3, 0.4) is 0 Å². The Morgan fingerprint density at radius 3 is 0.804 bits per heavy atom. The van der Waals surface area contributed by atoms with E-state index < -0.39 is 20.2 Å². The number of hydrogen-bond acceptors (Lipinski definition) is 7. The topological polar surface area (TPSA) is 135 Å².